The quantitative estimate of drug-likeness (QED) is 0.255. The van der Waals surface area contributed by atoms with Gasteiger partial charge in [0.25, 0.3) is 11.8 Å². The summed E-state index contributed by atoms with van der Waals surface area (Å²) in [5.74, 6) is -1.94. The van der Waals surface area contributed by atoms with Crippen molar-refractivity contribution < 1.29 is 28.7 Å². The number of imide groups is 1. The maximum atomic E-state index is 14.2. The Labute approximate surface area is 269 Å². The van der Waals surface area contributed by atoms with E-state index in [9.17, 15) is 24.0 Å². The number of nitrogens with one attached hydrogen (secondary N) is 2. The molecule has 2 aliphatic rings. The fourth-order valence-corrected chi connectivity index (χ4v) is 6.11. The molecule has 2 aliphatic heterocycles. The van der Waals surface area contributed by atoms with Gasteiger partial charge in [-0.1, -0.05) is 68.4 Å². The molecule has 3 aromatic carbocycles. The number of ether oxygens (including phenoxy) is 1. The molecule has 1 fully saturated rings. The summed E-state index contributed by atoms with van der Waals surface area (Å²) in [6.45, 7) is 9.78. The molecular weight excluding hydrogens is 584 g/mol. The van der Waals surface area contributed by atoms with Gasteiger partial charge in [-0.15, -0.1) is 0 Å². The molecule has 2 heterocycles. The summed E-state index contributed by atoms with van der Waals surface area (Å²) in [5, 5.41) is 7.82. The van der Waals surface area contributed by atoms with Crippen LogP contribution < -0.4 is 10.6 Å². The Balaban J connectivity index is 1.40. The average Bonchev–Trinajstić information content (AvgIpc) is 3.24. The summed E-state index contributed by atoms with van der Waals surface area (Å²) >= 11 is 0. The summed E-state index contributed by atoms with van der Waals surface area (Å²) in [6.07, 6.45) is 0.418. The molecule has 0 bridgehead atoms. The summed E-state index contributed by atoms with van der Waals surface area (Å²) in [4.78, 5) is 70.5. The Hall–Kier alpha value is -4.57. The first-order valence-corrected chi connectivity index (χ1v) is 15.8. The fraction of sp³-hybridized carbons (Fsp3) is 0.417. The number of rotatable bonds is 10. The topological polar surface area (TPSA) is 125 Å². The molecule has 0 saturated carbocycles. The van der Waals surface area contributed by atoms with Crippen LogP contribution in [0.2, 0.25) is 0 Å². The van der Waals surface area contributed by atoms with E-state index >= 15 is 0 Å². The molecule has 10 nitrogen and oxygen atoms in total. The van der Waals surface area contributed by atoms with Crippen molar-refractivity contribution in [2.24, 2.45) is 5.92 Å². The van der Waals surface area contributed by atoms with E-state index in [1.165, 1.54) is 0 Å². The van der Waals surface area contributed by atoms with Crippen LogP contribution in [0.3, 0.4) is 0 Å². The first kappa shape index (κ1) is 32.8. The molecule has 3 atom stereocenters. The van der Waals surface area contributed by atoms with E-state index in [1.54, 1.807) is 37.8 Å². The highest BCUT2D eigenvalue weighted by atomic mass is 16.6. The van der Waals surface area contributed by atoms with Crippen LogP contribution >= 0.6 is 0 Å². The van der Waals surface area contributed by atoms with E-state index in [4.69, 9.17) is 4.74 Å². The van der Waals surface area contributed by atoms with Gasteiger partial charge in [-0.05, 0) is 68.0 Å². The van der Waals surface area contributed by atoms with Crippen molar-refractivity contribution in [2.45, 2.75) is 71.2 Å². The highest BCUT2D eigenvalue weighted by Gasteiger charge is 2.41. The Morgan fingerprint density at radius 1 is 0.913 bits per heavy atom. The standard InChI is InChI=1S/C36H42N4O6/c1-22(2)19-29(34(44)39-18-16-37-31(41)30(39)23-11-7-6-8-12-23)38-28(35(45)46-36(3,4)5)15-17-40-32(42)26-20-24-13-9-10-14-25(24)21-27(26)33(40)43/h6-14,20-22,28-30,38H,15-19H2,1-5H3,(H,37,41)/t28-,29+,30?/m1/s1. The van der Waals surface area contributed by atoms with E-state index in [1.807, 2.05) is 68.4 Å². The van der Waals surface area contributed by atoms with Crippen molar-refractivity contribution in [2.75, 3.05) is 19.6 Å². The lowest BCUT2D eigenvalue weighted by Crippen LogP contribution is -2.59. The number of benzene rings is 3. The summed E-state index contributed by atoms with van der Waals surface area (Å²) in [7, 11) is 0. The van der Waals surface area contributed by atoms with E-state index in [0.29, 0.717) is 36.2 Å². The van der Waals surface area contributed by atoms with Crippen molar-refractivity contribution in [3.05, 3.63) is 83.4 Å². The maximum Gasteiger partial charge on any atom is 0.323 e. The molecular formula is C36H42N4O6. The highest BCUT2D eigenvalue weighted by molar-refractivity contribution is 6.23. The largest absolute Gasteiger partial charge is 0.459 e. The predicted molar refractivity (Wildman–Crippen MR) is 174 cm³/mol. The van der Waals surface area contributed by atoms with Gasteiger partial charge >= 0.3 is 5.97 Å². The SMILES string of the molecule is CC(C)C[C@H](N[C@H](CCN1C(=O)c2cc3ccccc3cc2C1=O)C(=O)OC(C)(C)C)C(=O)N1CCNC(=O)C1c1ccccc1. The second kappa shape index (κ2) is 13.4. The Morgan fingerprint density at radius 2 is 1.50 bits per heavy atom. The molecule has 0 aromatic heterocycles. The van der Waals surface area contributed by atoms with Crippen molar-refractivity contribution >= 4 is 40.4 Å². The average molecular weight is 627 g/mol. The van der Waals surface area contributed by atoms with Crippen molar-refractivity contribution in [1.29, 1.82) is 0 Å². The molecule has 2 N–H and O–H groups in total. The number of carbonyl (C=O) groups is 5. The summed E-state index contributed by atoms with van der Waals surface area (Å²) in [5.41, 5.74) is 0.536. The van der Waals surface area contributed by atoms with Gasteiger partial charge < -0.3 is 15.0 Å². The molecule has 3 aromatic rings. The number of carbonyl (C=O) groups excluding carboxylic acids is 5. The highest BCUT2D eigenvalue weighted by Crippen LogP contribution is 2.29. The van der Waals surface area contributed by atoms with Crippen molar-refractivity contribution in [3.63, 3.8) is 0 Å². The van der Waals surface area contributed by atoms with Crippen molar-refractivity contribution in [1.82, 2.24) is 20.4 Å². The third-order valence-corrected chi connectivity index (χ3v) is 8.19. The lowest BCUT2D eigenvalue weighted by Gasteiger charge is -2.38. The zero-order valence-corrected chi connectivity index (χ0v) is 27.0. The molecule has 0 radical (unpaired) electrons. The van der Waals surface area contributed by atoms with Crippen LogP contribution in [0.4, 0.5) is 0 Å². The normalized spacial score (nSPS) is 18.0. The predicted octanol–water partition coefficient (Wildman–Crippen LogP) is 4.24. The van der Waals surface area contributed by atoms with Gasteiger partial charge in [-0.2, -0.15) is 0 Å². The van der Waals surface area contributed by atoms with E-state index in [-0.39, 0.29) is 30.7 Å². The van der Waals surface area contributed by atoms with Gasteiger partial charge in [-0.25, -0.2) is 0 Å². The lowest BCUT2D eigenvalue weighted by atomic mass is 9.97. The van der Waals surface area contributed by atoms with Gasteiger partial charge in [0.15, 0.2) is 0 Å². The van der Waals surface area contributed by atoms with Crippen LogP contribution in [-0.4, -0.2) is 76.7 Å². The number of hydrogen-bond acceptors (Lipinski definition) is 7. The molecule has 5 rings (SSSR count). The smallest absolute Gasteiger partial charge is 0.323 e. The molecule has 0 aliphatic carbocycles. The number of fused-ring (bicyclic) bond motifs is 2. The molecule has 1 unspecified atom stereocenters. The van der Waals surface area contributed by atoms with Crippen molar-refractivity contribution in [3.8, 4) is 0 Å². The molecule has 10 heteroatoms. The van der Waals surface area contributed by atoms with Crippen LogP contribution in [-0.2, 0) is 19.1 Å². The molecule has 46 heavy (non-hydrogen) atoms. The van der Waals surface area contributed by atoms with Gasteiger partial charge in [0.05, 0.1) is 17.2 Å². The Morgan fingerprint density at radius 3 is 2.07 bits per heavy atom. The third-order valence-electron chi connectivity index (χ3n) is 8.19. The van der Waals surface area contributed by atoms with Gasteiger partial charge in [0, 0.05) is 19.6 Å². The minimum absolute atomic E-state index is 0.0321. The Kier molecular flexibility index (Phi) is 9.58. The van der Waals surface area contributed by atoms with Crippen LogP contribution in [0.1, 0.15) is 79.8 Å². The first-order chi connectivity index (χ1) is 21.8. The maximum absolute atomic E-state index is 14.2. The van der Waals surface area contributed by atoms with E-state index in [2.05, 4.69) is 10.6 Å². The number of hydrogen-bond donors (Lipinski definition) is 2. The van der Waals surface area contributed by atoms with Crippen LogP contribution in [0.5, 0.6) is 0 Å². The minimum atomic E-state index is -1.01. The second-order valence-corrected chi connectivity index (χ2v) is 13.4. The summed E-state index contributed by atoms with van der Waals surface area (Å²) in [6, 6.07) is 17.4. The number of esters is 1. The van der Waals surface area contributed by atoms with Gasteiger partial charge in [0.2, 0.25) is 11.8 Å². The molecule has 4 amide bonds. The second-order valence-electron chi connectivity index (χ2n) is 13.4. The van der Waals surface area contributed by atoms with Crippen LogP contribution in [0.25, 0.3) is 10.8 Å². The van der Waals surface area contributed by atoms with E-state index in [0.717, 1.165) is 15.7 Å². The first-order valence-electron chi connectivity index (χ1n) is 15.8. The zero-order chi connectivity index (χ0) is 33.2. The number of amides is 4. The zero-order valence-electron chi connectivity index (χ0n) is 27.0. The number of piperazine rings is 1. The number of nitrogens with zero attached hydrogens (tertiary/aromatic N) is 2. The Bertz CT molecular complexity index is 1590. The van der Waals surface area contributed by atoms with E-state index < -0.39 is 41.5 Å². The third kappa shape index (κ3) is 7.12. The van der Waals surface area contributed by atoms with Gasteiger partial charge in [-0.3, -0.25) is 34.2 Å². The lowest BCUT2D eigenvalue weighted by molar-refractivity contribution is -0.158. The van der Waals surface area contributed by atoms with Crippen LogP contribution in [0, 0.1) is 5.92 Å². The molecule has 242 valence electrons. The molecule has 1 saturated heterocycles. The van der Waals surface area contributed by atoms with Crippen LogP contribution in [0.15, 0.2) is 66.7 Å². The molecule has 0 spiro atoms. The fourth-order valence-electron chi connectivity index (χ4n) is 6.11. The minimum Gasteiger partial charge on any atom is -0.459 e. The summed E-state index contributed by atoms with van der Waals surface area (Å²) < 4.78 is 5.74. The van der Waals surface area contributed by atoms with Gasteiger partial charge in [0.1, 0.15) is 17.7 Å². The monoisotopic (exact) mass is 626 g/mol.